The maximum atomic E-state index is 11.7. The normalized spacial score (nSPS) is 10.2. The maximum Gasteiger partial charge on any atom is 0.262 e. The van der Waals surface area contributed by atoms with Gasteiger partial charge in [-0.3, -0.25) is 4.79 Å². The molecule has 1 amide bonds. The molecule has 0 saturated carbocycles. The Morgan fingerprint density at radius 1 is 1.60 bits per heavy atom. The zero-order valence-electron chi connectivity index (χ0n) is 7.57. The lowest BCUT2D eigenvalue weighted by Gasteiger charge is -2.01. The Hall–Kier alpha value is -0.720. The van der Waals surface area contributed by atoms with Crippen molar-refractivity contribution >= 4 is 44.5 Å². The second-order valence-electron chi connectivity index (χ2n) is 2.76. The predicted molar refractivity (Wildman–Crippen MR) is 65.3 cm³/mol. The number of amides is 1. The average Bonchev–Trinajstić information content (AvgIpc) is 2.84. The van der Waals surface area contributed by atoms with E-state index in [-0.39, 0.29) is 5.91 Å². The Balaban J connectivity index is 1.96. The van der Waals surface area contributed by atoms with Crippen LogP contribution in [0.4, 0.5) is 0 Å². The Morgan fingerprint density at radius 2 is 2.47 bits per heavy atom. The van der Waals surface area contributed by atoms with E-state index in [1.54, 1.807) is 5.51 Å². The molecule has 6 heteroatoms. The second-order valence-corrected chi connectivity index (χ2v) is 5.25. The molecule has 0 atom stereocenters. The minimum absolute atomic E-state index is 0.0649. The molecule has 0 aliphatic heterocycles. The molecular weight excluding hydrogens is 296 g/mol. The molecule has 0 saturated heterocycles. The topological polar surface area (TPSA) is 42.0 Å². The number of hydrogen-bond acceptors (Lipinski definition) is 4. The van der Waals surface area contributed by atoms with E-state index in [0.717, 1.165) is 10.2 Å². The molecular formula is C9H7BrN2OS2. The first-order valence-electron chi connectivity index (χ1n) is 4.15. The summed E-state index contributed by atoms with van der Waals surface area (Å²) in [7, 11) is 0. The second kappa shape index (κ2) is 4.87. The highest BCUT2D eigenvalue weighted by Gasteiger charge is 2.10. The van der Waals surface area contributed by atoms with E-state index in [1.165, 1.54) is 22.7 Å². The fourth-order valence-corrected chi connectivity index (χ4v) is 3.06. The van der Waals surface area contributed by atoms with E-state index < -0.39 is 0 Å². The first-order chi connectivity index (χ1) is 7.27. The van der Waals surface area contributed by atoms with Crippen molar-refractivity contribution in [1.82, 2.24) is 10.3 Å². The lowest BCUT2D eigenvalue weighted by atomic mass is 10.4. The summed E-state index contributed by atoms with van der Waals surface area (Å²) in [5, 5.41) is 6.61. The quantitative estimate of drug-likeness (QED) is 0.947. The van der Waals surface area contributed by atoms with Crippen LogP contribution in [0.15, 0.2) is 26.8 Å². The fraction of sp³-hybridized carbons (Fsp3) is 0.111. The van der Waals surface area contributed by atoms with Gasteiger partial charge in [-0.15, -0.1) is 22.7 Å². The summed E-state index contributed by atoms with van der Waals surface area (Å²) in [5.41, 5.74) is 2.64. The van der Waals surface area contributed by atoms with Crippen LogP contribution < -0.4 is 5.32 Å². The zero-order valence-corrected chi connectivity index (χ0v) is 10.8. The lowest BCUT2D eigenvalue weighted by Crippen LogP contribution is -2.22. The van der Waals surface area contributed by atoms with Gasteiger partial charge in [0, 0.05) is 9.85 Å². The van der Waals surface area contributed by atoms with Gasteiger partial charge in [0.1, 0.15) is 4.88 Å². The van der Waals surface area contributed by atoms with Gasteiger partial charge in [0.25, 0.3) is 5.91 Å². The van der Waals surface area contributed by atoms with Gasteiger partial charge in [0.15, 0.2) is 0 Å². The molecule has 15 heavy (non-hydrogen) atoms. The predicted octanol–water partition coefficient (Wildman–Crippen LogP) is 2.90. The number of thiophene rings is 1. The van der Waals surface area contributed by atoms with Gasteiger partial charge in [0.2, 0.25) is 0 Å². The van der Waals surface area contributed by atoms with Gasteiger partial charge < -0.3 is 5.32 Å². The minimum Gasteiger partial charge on any atom is -0.346 e. The van der Waals surface area contributed by atoms with Crippen molar-refractivity contribution in [3.8, 4) is 0 Å². The number of thiazole rings is 1. The van der Waals surface area contributed by atoms with Gasteiger partial charge in [-0.1, -0.05) is 0 Å². The highest BCUT2D eigenvalue weighted by Crippen LogP contribution is 2.22. The summed E-state index contributed by atoms with van der Waals surface area (Å²) in [6, 6.07) is 1.86. The van der Waals surface area contributed by atoms with E-state index in [4.69, 9.17) is 0 Å². The summed E-state index contributed by atoms with van der Waals surface area (Å²) in [4.78, 5) is 16.5. The number of hydrogen-bond donors (Lipinski definition) is 1. The number of nitrogens with zero attached hydrogens (tertiary/aromatic N) is 1. The summed E-state index contributed by atoms with van der Waals surface area (Å²) >= 11 is 6.26. The molecule has 0 aromatic carbocycles. The molecule has 0 aliphatic rings. The van der Waals surface area contributed by atoms with Crippen LogP contribution in [0.1, 0.15) is 15.4 Å². The third kappa shape index (κ3) is 2.64. The molecule has 2 rings (SSSR count). The third-order valence-electron chi connectivity index (χ3n) is 1.74. The molecule has 3 nitrogen and oxygen atoms in total. The van der Waals surface area contributed by atoms with Crippen molar-refractivity contribution in [2.75, 3.05) is 0 Å². The van der Waals surface area contributed by atoms with Crippen molar-refractivity contribution in [2.24, 2.45) is 0 Å². The van der Waals surface area contributed by atoms with Crippen molar-refractivity contribution in [3.63, 3.8) is 0 Å². The summed E-state index contributed by atoms with van der Waals surface area (Å²) in [6.45, 7) is 0.479. The van der Waals surface area contributed by atoms with E-state index >= 15 is 0 Å². The van der Waals surface area contributed by atoms with Gasteiger partial charge in [-0.2, -0.15) is 0 Å². The Bertz CT molecular complexity index is 452. The number of aromatic nitrogens is 1. The van der Waals surface area contributed by atoms with E-state index in [9.17, 15) is 4.79 Å². The highest BCUT2D eigenvalue weighted by molar-refractivity contribution is 9.10. The Labute approximate surface area is 103 Å². The Kier molecular flexibility index (Phi) is 3.50. The molecule has 0 spiro atoms. The average molecular weight is 303 g/mol. The SMILES string of the molecule is O=C(NCc1cscn1)c1sccc1Br. The van der Waals surface area contributed by atoms with Crippen molar-refractivity contribution < 1.29 is 4.79 Å². The smallest absolute Gasteiger partial charge is 0.262 e. The van der Waals surface area contributed by atoms with Crippen LogP contribution in [0, 0.1) is 0 Å². The molecule has 0 unspecified atom stereocenters. The van der Waals surface area contributed by atoms with Gasteiger partial charge >= 0.3 is 0 Å². The fourth-order valence-electron chi connectivity index (χ4n) is 1.03. The van der Waals surface area contributed by atoms with Crippen LogP contribution in [0.5, 0.6) is 0 Å². The summed E-state index contributed by atoms with van der Waals surface area (Å²) in [6.07, 6.45) is 0. The number of nitrogens with one attached hydrogen (secondary N) is 1. The van der Waals surface area contributed by atoms with E-state index in [2.05, 4.69) is 26.2 Å². The van der Waals surface area contributed by atoms with Crippen LogP contribution in [0.3, 0.4) is 0 Å². The lowest BCUT2D eigenvalue weighted by molar-refractivity contribution is 0.0954. The molecule has 2 aromatic heterocycles. The molecule has 1 N–H and O–H groups in total. The third-order valence-corrected chi connectivity index (χ3v) is 4.21. The zero-order chi connectivity index (χ0) is 10.7. The van der Waals surface area contributed by atoms with Crippen molar-refractivity contribution in [3.05, 3.63) is 37.4 Å². The minimum atomic E-state index is -0.0649. The number of carbonyl (C=O) groups is 1. The van der Waals surface area contributed by atoms with Crippen LogP contribution in [-0.4, -0.2) is 10.9 Å². The molecule has 0 radical (unpaired) electrons. The maximum absolute atomic E-state index is 11.7. The Morgan fingerprint density at radius 3 is 3.07 bits per heavy atom. The first-order valence-corrected chi connectivity index (χ1v) is 6.77. The molecule has 0 bridgehead atoms. The number of rotatable bonds is 3. The highest BCUT2D eigenvalue weighted by atomic mass is 79.9. The van der Waals surface area contributed by atoms with Crippen LogP contribution in [0.25, 0.3) is 0 Å². The monoisotopic (exact) mass is 302 g/mol. The van der Waals surface area contributed by atoms with Crippen LogP contribution >= 0.6 is 38.6 Å². The van der Waals surface area contributed by atoms with E-state index in [0.29, 0.717) is 11.4 Å². The summed E-state index contributed by atoms with van der Waals surface area (Å²) < 4.78 is 0.836. The van der Waals surface area contributed by atoms with Gasteiger partial charge in [-0.05, 0) is 27.4 Å². The van der Waals surface area contributed by atoms with Crippen LogP contribution in [-0.2, 0) is 6.54 Å². The van der Waals surface area contributed by atoms with Gasteiger partial charge in [0.05, 0.1) is 17.7 Å². The number of carbonyl (C=O) groups excluding carboxylic acids is 1. The van der Waals surface area contributed by atoms with E-state index in [1.807, 2.05) is 16.8 Å². The molecule has 2 aromatic rings. The van der Waals surface area contributed by atoms with Crippen molar-refractivity contribution in [2.45, 2.75) is 6.54 Å². The number of halogens is 1. The molecule has 2 heterocycles. The van der Waals surface area contributed by atoms with Gasteiger partial charge in [-0.25, -0.2) is 4.98 Å². The van der Waals surface area contributed by atoms with Crippen molar-refractivity contribution in [1.29, 1.82) is 0 Å². The van der Waals surface area contributed by atoms with Crippen LogP contribution in [0.2, 0.25) is 0 Å². The first kappa shape index (κ1) is 10.8. The molecule has 0 aliphatic carbocycles. The largest absolute Gasteiger partial charge is 0.346 e. The summed E-state index contributed by atoms with van der Waals surface area (Å²) in [5.74, 6) is -0.0649. The molecule has 78 valence electrons. The standard InChI is InChI=1S/C9H7BrN2OS2/c10-7-1-2-15-8(7)9(13)11-3-6-4-14-5-12-6/h1-2,4-5H,3H2,(H,11,13). The molecule has 0 fully saturated rings.